The normalized spacial score (nSPS) is 18.0. The Morgan fingerprint density at radius 1 is 1.45 bits per heavy atom. The molecule has 0 saturated heterocycles. The Bertz CT molecular complexity index is 677. The first-order valence-electron chi connectivity index (χ1n) is 6.82. The molecule has 2 aromatic heterocycles. The van der Waals surface area contributed by atoms with E-state index in [-0.39, 0.29) is 5.56 Å². The van der Waals surface area contributed by atoms with E-state index in [2.05, 4.69) is 26.6 Å². The SMILES string of the molecule is CNC1CCCc2c1ccc(=O)n2Cc1sccc1Br. The van der Waals surface area contributed by atoms with Gasteiger partial charge in [0.2, 0.25) is 0 Å². The van der Waals surface area contributed by atoms with Gasteiger partial charge in [0, 0.05) is 27.2 Å². The molecule has 0 aliphatic heterocycles. The number of pyridine rings is 1. The van der Waals surface area contributed by atoms with Gasteiger partial charge in [0.05, 0.1) is 6.54 Å². The molecule has 0 amide bonds. The standard InChI is InChI=1S/C15H17BrN2OS/c1-17-12-3-2-4-13-10(12)5-6-15(19)18(13)9-14-11(16)7-8-20-14/h5-8,12,17H,2-4,9H2,1H3. The van der Waals surface area contributed by atoms with Crippen LogP contribution >= 0.6 is 27.3 Å². The lowest BCUT2D eigenvalue weighted by Gasteiger charge is -2.27. The first kappa shape index (κ1) is 14.0. The molecule has 20 heavy (non-hydrogen) atoms. The zero-order chi connectivity index (χ0) is 14.1. The number of nitrogens with one attached hydrogen (secondary N) is 1. The van der Waals surface area contributed by atoms with Gasteiger partial charge in [-0.05, 0) is 59.2 Å². The van der Waals surface area contributed by atoms with Crippen molar-refractivity contribution in [2.75, 3.05) is 7.05 Å². The van der Waals surface area contributed by atoms with Crippen LogP contribution in [0.15, 0.2) is 32.8 Å². The highest BCUT2D eigenvalue weighted by Gasteiger charge is 2.22. The van der Waals surface area contributed by atoms with Crippen molar-refractivity contribution in [2.24, 2.45) is 0 Å². The molecule has 106 valence electrons. The van der Waals surface area contributed by atoms with Crippen LogP contribution in [0.3, 0.4) is 0 Å². The molecular formula is C15H17BrN2OS. The van der Waals surface area contributed by atoms with Gasteiger partial charge in [-0.15, -0.1) is 11.3 Å². The van der Waals surface area contributed by atoms with Gasteiger partial charge in [0.15, 0.2) is 0 Å². The molecule has 1 atom stereocenters. The summed E-state index contributed by atoms with van der Waals surface area (Å²) in [6.07, 6.45) is 3.27. The topological polar surface area (TPSA) is 34.0 Å². The van der Waals surface area contributed by atoms with Crippen LogP contribution in [0, 0.1) is 0 Å². The summed E-state index contributed by atoms with van der Waals surface area (Å²) in [7, 11) is 1.99. The van der Waals surface area contributed by atoms with Crippen LogP contribution in [0.5, 0.6) is 0 Å². The number of thiophene rings is 1. The highest BCUT2D eigenvalue weighted by atomic mass is 79.9. The Morgan fingerprint density at radius 2 is 2.30 bits per heavy atom. The van der Waals surface area contributed by atoms with E-state index in [9.17, 15) is 4.79 Å². The van der Waals surface area contributed by atoms with E-state index in [1.165, 1.54) is 16.1 Å². The van der Waals surface area contributed by atoms with Crippen molar-refractivity contribution in [3.63, 3.8) is 0 Å². The first-order chi connectivity index (χ1) is 9.70. The van der Waals surface area contributed by atoms with Crippen molar-refractivity contribution >= 4 is 27.3 Å². The van der Waals surface area contributed by atoms with E-state index >= 15 is 0 Å². The summed E-state index contributed by atoms with van der Waals surface area (Å²) in [6, 6.07) is 6.11. The summed E-state index contributed by atoms with van der Waals surface area (Å²) >= 11 is 5.24. The summed E-state index contributed by atoms with van der Waals surface area (Å²) in [4.78, 5) is 13.5. The van der Waals surface area contributed by atoms with Crippen molar-refractivity contribution in [2.45, 2.75) is 31.8 Å². The number of rotatable bonds is 3. The second-order valence-corrected chi connectivity index (χ2v) is 6.94. The lowest BCUT2D eigenvalue weighted by molar-refractivity contribution is 0.473. The quantitative estimate of drug-likeness (QED) is 0.919. The molecule has 2 heterocycles. The smallest absolute Gasteiger partial charge is 0.251 e. The number of nitrogens with zero attached hydrogens (tertiary/aromatic N) is 1. The molecule has 0 fully saturated rings. The van der Waals surface area contributed by atoms with Crippen LogP contribution in [-0.2, 0) is 13.0 Å². The highest BCUT2D eigenvalue weighted by molar-refractivity contribution is 9.10. The van der Waals surface area contributed by atoms with Crippen molar-refractivity contribution in [3.05, 3.63) is 54.5 Å². The van der Waals surface area contributed by atoms with E-state index in [0.717, 1.165) is 23.7 Å². The Balaban J connectivity index is 2.06. The maximum Gasteiger partial charge on any atom is 0.251 e. The van der Waals surface area contributed by atoms with Crippen LogP contribution in [0.25, 0.3) is 0 Å². The summed E-state index contributed by atoms with van der Waals surface area (Å²) < 4.78 is 3.03. The minimum atomic E-state index is 0.0980. The van der Waals surface area contributed by atoms with Gasteiger partial charge < -0.3 is 9.88 Å². The number of fused-ring (bicyclic) bond motifs is 1. The van der Waals surface area contributed by atoms with Gasteiger partial charge in [-0.2, -0.15) is 0 Å². The summed E-state index contributed by atoms with van der Waals surface area (Å²) in [5.74, 6) is 0. The van der Waals surface area contributed by atoms with Crippen LogP contribution in [-0.4, -0.2) is 11.6 Å². The molecule has 0 radical (unpaired) electrons. The van der Waals surface area contributed by atoms with Gasteiger partial charge in [-0.1, -0.05) is 6.07 Å². The monoisotopic (exact) mass is 352 g/mol. The summed E-state index contributed by atoms with van der Waals surface area (Å²) in [5.41, 5.74) is 2.58. The maximum atomic E-state index is 12.3. The van der Waals surface area contributed by atoms with E-state index < -0.39 is 0 Å². The van der Waals surface area contributed by atoms with Gasteiger partial charge in [-0.25, -0.2) is 0 Å². The Hall–Kier alpha value is -0.910. The molecule has 0 spiro atoms. The highest BCUT2D eigenvalue weighted by Crippen LogP contribution is 2.30. The lowest BCUT2D eigenvalue weighted by atomic mass is 9.91. The molecule has 3 rings (SSSR count). The van der Waals surface area contributed by atoms with Crippen LogP contribution < -0.4 is 10.9 Å². The molecule has 1 N–H and O–H groups in total. The van der Waals surface area contributed by atoms with Crippen molar-refractivity contribution in [1.82, 2.24) is 9.88 Å². The molecule has 1 unspecified atom stereocenters. The third-order valence-electron chi connectivity index (χ3n) is 3.95. The Morgan fingerprint density at radius 3 is 3.00 bits per heavy atom. The van der Waals surface area contributed by atoms with Crippen LogP contribution in [0.1, 0.15) is 35.0 Å². The average Bonchev–Trinajstić information content (AvgIpc) is 2.86. The van der Waals surface area contributed by atoms with Crippen LogP contribution in [0.2, 0.25) is 0 Å². The Labute approximate surface area is 130 Å². The summed E-state index contributed by atoms with van der Waals surface area (Å²) in [5, 5.41) is 5.41. The molecule has 3 nitrogen and oxygen atoms in total. The first-order valence-corrected chi connectivity index (χ1v) is 8.49. The van der Waals surface area contributed by atoms with Gasteiger partial charge >= 0.3 is 0 Å². The fourth-order valence-corrected chi connectivity index (χ4v) is 4.38. The number of hydrogen-bond donors (Lipinski definition) is 1. The van der Waals surface area contributed by atoms with Crippen molar-refractivity contribution in [3.8, 4) is 0 Å². The predicted molar refractivity (Wildman–Crippen MR) is 86.6 cm³/mol. The van der Waals surface area contributed by atoms with E-state index in [1.54, 1.807) is 17.4 Å². The fourth-order valence-electron chi connectivity index (χ4n) is 2.92. The van der Waals surface area contributed by atoms with Gasteiger partial charge in [-0.3, -0.25) is 4.79 Å². The maximum absolute atomic E-state index is 12.3. The second-order valence-electron chi connectivity index (χ2n) is 5.08. The minimum absolute atomic E-state index is 0.0980. The van der Waals surface area contributed by atoms with Gasteiger partial charge in [0.25, 0.3) is 5.56 Å². The van der Waals surface area contributed by atoms with Crippen molar-refractivity contribution < 1.29 is 0 Å². The third-order valence-corrected chi connectivity index (χ3v) is 5.86. The molecule has 1 aliphatic rings. The number of hydrogen-bond acceptors (Lipinski definition) is 3. The predicted octanol–water partition coefficient (Wildman–Crippen LogP) is 3.32. The molecule has 0 saturated carbocycles. The number of halogens is 1. The molecule has 1 aliphatic carbocycles. The molecule has 0 bridgehead atoms. The van der Waals surface area contributed by atoms with Crippen LogP contribution in [0.4, 0.5) is 0 Å². The zero-order valence-corrected chi connectivity index (χ0v) is 13.8. The largest absolute Gasteiger partial charge is 0.313 e. The fraction of sp³-hybridized carbons (Fsp3) is 0.400. The molecule has 0 aromatic carbocycles. The molecular weight excluding hydrogens is 336 g/mol. The molecule has 2 aromatic rings. The summed E-state index contributed by atoms with van der Waals surface area (Å²) in [6.45, 7) is 0.663. The average molecular weight is 353 g/mol. The van der Waals surface area contributed by atoms with E-state index in [0.29, 0.717) is 12.6 Å². The van der Waals surface area contributed by atoms with E-state index in [1.807, 2.05) is 23.7 Å². The van der Waals surface area contributed by atoms with Gasteiger partial charge in [0.1, 0.15) is 0 Å². The van der Waals surface area contributed by atoms with Crippen molar-refractivity contribution in [1.29, 1.82) is 0 Å². The second kappa shape index (κ2) is 5.84. The lowest BCUT2D eigenvalue weighted by Crippen LogP contribution is -2.30. The van der Waals surface area contributed by atoms with E-state index in [4.69, 9.17) is 0 Å². The third kappa shape index (κ3) is 2.50. The Kier molecular flexibility index (Phi) is 4.10. The zero-order valence-electron chi connectivity index (χ0n) is 11.4. The minimum Gasteiger partial charge on any atom is -0.313 e. The number of aromatic nitrogens is 1. The molecule has 5 heteroatoms.